The highest BCUT2D eigenvalue weighted by atomic mass is 32.1. The molecule has 2 rings (SSSR count). The molecule has 2 fully saturated rings. The molecule has 1 aliphatic heterocycles. The molecule has 0 atom stereocenters. The molecule has 0 radical (unpaired) electrons. The van der Waals surface area contributed by atoms with Gasteiger partial charge in [-0.1, -0.05) is 0 Å². The number of urea groups is 1. The third-order valence-electron chi connectivity index (χ3n) is 3.02. The summed E-state index contributed by atoms with van der Waals surface area (Å²) in [5, 5.41) is 0. The molecule has 1 heterocycles. The summed E-state index contributed by atoms with van der Waals surface area (Å²) in [7, 11) is 1.65. The van der Waals surface area contributed by atoms with Gasteiger partial charge >= 0.3 is 6.03 Å². The van der Waals surface area contributed by atoms with Crippen molar-refractivity contribution in [3.05, 3.63) is 0 Å². The van der Waals surface area contributed by atoms with Crippen LogP contribution in [0.3, 0.4) is 0 Å². The second-order valence-electron chi connectivity index (χ2n) is 4.28. The molecule has 1 saturated heterocycles. The zero-order chi connectivity index (χ0) is 10.3. The number of carbonyl (C=O) groups is 2. The van der Waals surface area contributed by atoms with Crippen molar-refractivity contribution in [1.29, 1.82) is 0 Å². The van der Waals surface area contributed by atoms with E-state index in [2.05, 4.69) is 12.6 Å². The van der Waals surface area contributed by atoms with E-state index in [-0.39, 0.29) is 23.9 Å². The molecule has 3 amide bonds. The maximum Gasteiger partial charge on any atom is 0.326 e. The fourth-order valence-electron chi connectivity index (χ4n) is 1.70. The van der Waals surface area contributed by atoms with Crippen molar-refractivity contribution >= 4 is 24.6 Å². The van der Waals surface area contributed by atoms with Crippen LogP contribution in [0.5, 0.6) is 0 Å². The van der Waals surface area contributed by atoms with E-state index in [9.17, 15) is 9.59 Å². The number of likely N-dealkylation sites (N-methyl/N-ethyl adjacent to an activating group) is 1. The van der Waals surface area contributed by atoms with Crippen LogP contribution < -0.4 is 0 Å². The summed E-state index contributed by atoms with van der Waals surface area (Å²) in [6.45, 7) is 0.778. The highest BCUT2D eigenvalue weighted by molar-refractivity contribution is 7.80. The lowest BCUT2D eigenvalue weighted by Gasteiger charge is -2.19. The third-order valence-corrected chi connectivity index (χ3v) is 3.69. The lowest BCUT2D eigenvalue weighted by atomic mass is 10.1. The number of nitrogens with zero attached hydrogens (tertiary/aromatic N) is 2. The molecule has 5 heteroatoms. The van der Waals surface area contributed by atoms with Crippen molar-refractivity contribution in [1.82, 2.24) is 9.80 Å². The van der Waals surface area contributed by atoms with Crippen molar-refractivity contribution in [3.8, 4) is 0 Å². The first-order chi connectivity index (χ1) is 6.58. The SMILES string of the molecule is CN1CC(=O)N(CC2(CS)CC2)C1=O. The summed E-state index contributed by atoms with van der Waals surface area (Å²) in [6, 6.07) is -0.164. The Balaban J connectivity index is 2.04. The molecule has 14 heavy (non-hydrogen) atoms. The molecular formula is C9H14N2O2S. The van der Waals surface area contributed by atoms with E-state index < -0.39 is 0 Å². The molecule has 0 unspecified atom stereocenters. The average molecular weight is 214 g/mol. The Hall–Kier alpha value is -0.710. The maximum atomic E-state index is 11.5. The number of carbonyl (C=O) groups excluding carboxylic acids is 2. The number of thiol groups is 1. The Morgan fingerprint density at radius 1 is 1.43 bits per heavy atom. The number of amides is 3. The summed E-state index contributed by atoms with van der Waals surface area (Å²) in [6.07, 6.45) is 2.16. The van der Waals surface area contributed by atoms with Crippen LogP contribution in [-0.2, 0) is 4.79 Å². The van der Waals surface area contributed by atoms with Gasteiger partial charge in [0.15, 0.2) is 0 Å². The van der Waals surface area contributed by atoms with Gasteiger partial charge in [-0.2, -0.15) is 12.6 Å². The average Bonchev–Trinajstić information content (AvgIpc) is 2.88. The summed E-state index contributed by atoms with van der Waals surface area (Å²) in [4.78, 5) is 25.8. The van der Waals surface area contributed by atoms with Gasteiger partial charge in [0.2, 0.25) is 5.91 Å². The molecule has 0 spiro atoms. The summed E-state index contributed by atoms with van der Waals surface area (Å²) >= 11 is 4.26. The number of imide groups is 1. The van der Waals surface area contributed by atoms with Crippen molar-refractivity contribution in [3.63, 3.8) is 0 Å². The number of hydrogen-bond donors (Lipinski definition) is 1. The number of rotatable bonds is 3. The lowest BCUT2D eigenvalue weighted by molar-refractivity contribution is -0.125. The molecule has 0 aromatic carbocycles. The Bertz CT molecular complexity index is 289. The second-order valence-corrected chi connectivity index (χ2v) is 4.59. The molecule has 0 bridgehead atoms. The van der Waals surface area contributed by atoms with Crippen molar-refractivity contribution in [2.75, 3.05) is 25.9 Å². The van der Waals surface area contributed by atoms with Crippen LogP contribution in [0.15, 0.2) is 0 Å². The Kier molecular flexibility index (Phi) is 2.21. The van der Waals surface area contributed by atoms with E-state index in [0.29, 0.717) is 6.54 Å². The first-order valence-electron chi connectivity index (χ1n) is 4.74. The van der Waals surface area contributed by atoms with Gasteiger partial charge in [-0.3, -0.25) is 9.69 Å². The predicted octanol–water partition coefficient (Wildman–Crippen LogP) is 0.590. The first kappa shape index (κ1) is 9.83. The Morgan fingerprint density at radius 3 is 2.43 bits per heavy atom. The molecule has 1 aliphatic carbocycles. The van der Waals surface area contributed by atoms with Gasteiger partial charge in [-0.05, 0) is 24.0 Å². The zero-order valence-corrected chi connectivity index (χ0v) is 9.09. The van der Waals surface area contributed by atoms with Crippen molar-refractivity contribution in [2.24, 2.45) is 5.41 Å². The van der Waals surface area contributed by atoms with Crippen LogP contribution in [0, 0.1) is 5.41 Å². The maximum absolute atomic E-state index is 11.5. The normalized spacial score (nSPS) is 24.7. The van der Waals surface area contributed by atoms with Gasteiger partial charge < -0.3 is 4.90 Å². The predicted molar refractivity (Wildman–Crippen MR) is 55.3 cm³/mol. The van der Waals surface area contributed by atoms with Gasteiger partial charge in [0.25, 0.3) is 0 Å². The van der Waals surface area contributed by atoms with Crippen LogP contribution >= 0.6 is 12.6 Å². The molecule has 4 nitrogen and oxygen atoms in total. The van der Waals surface area contributed by atoms with Gasteiger partial charge in [0, 0.05) is 13.6 Å². The molecule has 2 aliphatic rings. The minimum absolute atomic E-state index is 0.0782. The minimum atomic E-state index is -0.164. The van der Waals surface area contributed by atoms with Crippen molar-refractivity contribution in [2.45, 2.75) is 12.8 Å². The summed E-state index contributed by atoms with van der Waals surface area (Å²) in [5.74, 6) is 0.680. The minimum Gasteiger partial charge on any atom is -0.318 e. The van der Waals surface area contributed by atoms with E-state index in [1.807, 2.05) is 0 Å². The molecule has 0 aromatic rings. The van der Waals surface area contributed by atoms with Crippen LogP contribution in [0.25, 0.3) is 0 Å². The summed E-state index contributed by atoms with van der Waals surface area (Å²) < 4.78 is 0. The molecular weight excluding hydrogens is 200 g/mol. The molecule has 0 N–H and O–H groups in total. The monoisotopic (exact) mass is 214 g/mol. The molecule has 78 valence electrons. The van der Waals surface area contributed by atoms with E-state index >= 15 is 0 Å². The van der Waals surface area contributed by atoms with Gasteiger partial charge in [-0.25, -0.2) is 4.79 Å². The van der Waals surface area contributed by atoms with Gasteiger partial charge in [0.1, 0.15) is 6.54 Å². The van der Waals surface area contributed by atoms with Crippen LogP contribution in [0.2, 0.25) is 0 Å². The van der Waals surface area contributed by atoms with Crippen LogP contribution in [-0.4, -0.2) is 47.6 Å². The highest BCUT2D eigenvalue weighted by Crippen LogP contribution is 2.47. The Morgan fingerprint density at radius 2 is 2.07 bits per heavy atom. The fraction of sp³-hybridized carbons (Fsp3) is 0.778. The van der Waals surface area contributed by atoms with Crippen molar-refractivity contribution < 1.29 is 9.59 Å². The number of hydrogen-bond acceptors (Lipinski definition) is 3. The highest BCUT2D eigenvalue weighted by Gasteiger charge is 2.47. The molecule has 1 saturated carbocycles. The van der Waals surface area contributed by atoms with E-state index in [4.69, 9.17) is 0 Å². The summed E-state index contributed by atoms with van der Waals surface area (Å²) in [5.41, 5.74) is 0.125. The van der Waals surface area contributed by atoms with E-state index in [0.717, 1.165) is 18.6 Å². The van der Waals surface area contributed by atoms with Gasteiger partial charge in [-0.15, -0.1) is 0 Å². The van der Waals surface area contributed by atoms with Gasteiger partial charge in [0.05, 0.1) is 0 Å². The quantitative estimate of drug-likeness (QED) is 0.552. The fourth-order valence-corrected chi connectivity index (χ4v) is 2.12. The van der Waals surface area contributed by atoms with E-state index in [1.165, 1.54) is 9.80 Å². The third kappa shape index (κ3) is 1.49. The topological polar surface area (TPSA) is 40.6 Å². The smallest absolute Gasteiger partial charge is 0.318 e. The van der Waals surface area contributed by atoms with E-state index in [1.54, 1.807) is 7.05 Å². The second kappa shape index (κ2) is 3.15. The zero-order valence-electron chi connectivity index (χ0n) is 8.19. The van der Waals surface area contributed by atoms with Crippen LogP contribution in [0.1, 0.15) is 12.8 Å². The Labute approximate surface area is 88.6 Å². The molecule has 0 aromatic heterocycles. The largest absolute Gasteiger partial charge is 0.326 e. The lowest BCUT2D eigenvalue weighted by Crippen LogP contribution is -2.37. The standard InChI is InChI=1S/C9H14N2O2S/c1-10-4-7(12)11(8(10)13)5-9(6-14)2-3-9/h14H,2-6H2,1H3. The van der Waals surface area contributed by atoms with Crippen LogP contribution in [0.4, 0.5) is 4.79 Å². The first-order valence-corrected chi connectivity index (χ1v) is 5.38.